The second-order valence-corrected chi connectivity index (χ2v) is 6.43. The number of carbonyl (C=O) groups excluding carboxylic acids is 2. The van der Waals surface area contributed by atoms with Crippen molar-refractivity contribution in [2.75, 3.05) is 13.1 Å². The Kier molecular flexibility index (Phi) is 5.53. The number of hydrogen-bond acceptors (Lipinski definition) is 3. The Bertz CT molecular complexity index is 385. The lowest BCUT2D eigenvalue weighted by Crippen LogP contribution is -2.47. The van der Waals surface area contributed by atoms with Gasteiger partial charge < -0.3 is 10.0 Å². The van der Waals surface area contributed by atoms with E-state index < -0.39 is 17.3 Å². The fraction of sp³-hybridized carbons (Fsp3) is 0.786. The Morgan fingerprint density at radius 2 is 1.75 bits per heavy atom. The predicted molar refractivity (Wildman–Crippen MR) is 74.2 cm³/mol. The summed E-state index contributed by atoms with van der Waals surface area (Å²) in [6.45, 7) is 6.88. The van der Waals surface area contributed by atoms with Gasteiger partial charge >= 0.3 is 12.0 Å². The summed E-state index contributed by atoms with van der Waals surface area (Å²) in [6, 6.07) is -0.368. The van der Waals surface area contributed by atoms with Gasteiger partial charge in [-0.25, -0.2) is 4.79 Å². The van der Waals surface area contributed by atoms with Crippen LogP contribution in [0.2, 0.25) is 0 Å². The average molecular weight is 284 g/mol. The SMILES string of the molecule is CC1CCN(C(=O)NC(=O)CC(C)(C)CC(=O)O)CC1. The summed E-state index contributed by atoms with van der Waals surface area (Å²) in [5.41, 5.74) is -0.660. The molecule has 1 aliphatic heterocycles. The van der Waals surface area contributed by atoms with Crippen molar-refractivity contribution in [2.45, 2.75) is 46.5 Å². The molecule has 0 saturated carbocycles. The van der Waals surface area contributed by atoms with Crippen LogP contribution >= 0.6 is 0 Å². The van der Waals surface area contributed by atoms with E-state index in [0.717, 1.165) is 12.8 Å². The van der Waals surface area contributed by atoms with Gasteiger partial charge in [0, 0.05) is 19.5 Å². The summed E-state index contributed by atoms with van der Waals surface area (Å²) in [5, 5.41) is 11.1. The molecule has 20 heavy (non-hydrogen) atoms. The molecule has 0 radical (unpaired) electrons. The number of carboxylic acid groups (broad SMARTS) is 1. The molecule has 6 heteroatoms. The number of hydrogen-bond donors (Lipinski definition) is 2. The summed E-state index contributed by atoms with van der Waals surface area (Å²) >= 11 is 0. The zero-order chi connectivity index (χ0) is 15.3. The fourth-order valence-corrected chi connectivity index (χ4v) is 2.36. The molecule has 0 aromatic carbocycles. The number of nitrogens with one attached hydrogen (secondary N) is 1. The summed E-state index contributed by atoms with van der Waals surface area (Å²) < 4.78 is 0. The first-order chi connectivity index (χ1) is 9.19. The lowest BCUT2D eigenvalue weighted by Gasteiger charge is -2.30. The molecule has 0 spiro atoms. The van der Waals surface area contributed by atoms with Gasteiger partial charge in [-0.05, 0) is 24.2 Å². The third-order valence-electron chi connectivity index (χ3n) is 3.59. The Balaban J connectivity index is 2.42. The van der Waals surface area contributed by atoms with Gasteiger partial charge in [0.15, 0.2) is 0 Å². The molecule has 3 amide bonds. The molecule has 0 unspecified atom stereocenters. The highest BCUT2D eigenvalue weighted by atomic mass is 16.4. The van der Waals surface area contributed by atoms with Gasteiger partial charge in [-0.15, -0.1) is 0 Å². The molecule has 0 aliphatic carbocycles. The standard InChI is InChI=1S/C14H24N2O4/c1-10-4-6-16(7-5-10)13(20)15-11(17)8-14(2,3)9-12(18)19/h10H,4-9H2,1-3H3,(H,18,19)(H,15,17,20). The van der Waals surface area contributed by atoms with E-state index in [0.29, 0.717) is 19.0 Å². The molecular formula is C14H24N2O4. The maximum atomic E-state index is 11.9. The first-order valence-electron chi connectivity index (χ1n) is 7.00. The molecule has 1 fully saturated rings. The van der Waals surface area contributed by atoms with E-state index in [1.54, 1.807) is 18.7 Å². The summed E-state index contributed by atoms with van der Waals surface area (Å²) in [6.07, 6.45) is 1.82. The van der Waals surface area contributed by atoms with Crippen molar-refractivity contribution in [1.29, 1.82) is 0 Å². The van der Waals surface area contributed by atoms with Crippen LogP contribution in [0.5, 0.6) is 0 Å². The van der Waals surface area contributed by atoms with Gasteiger partial charge in [0.1, 0.15) is 0 Å². The second kappa shape index (κ2) is 6.72. The van der Waals surface area contributed by atoms with Gasteiger partial charge in [0.25, 0.3) is 0 Å². The van der Waals surface area contributed by atoms with Crippen molar-refractivity contribution in [3.05, 3.63) is 0 Å². The number of piperidine rings is 1. The van der Waals surface area contributed by atoms with Crippen LogP contribution in [0, 0.1) is 11.3 Å². The number of carbonyl (C=O) groups is 3. The maximum Gasteiger partial charge on any atom is 0.324 e. The lowest BCUT2D eigenvalue weighted by molar-refractivity contribution is -0.139. The average Bonchev–Trinajstić information content (AvgIpc) is 2.26. The molecule has 1 heterocycles. The molecule has 6 nitrogen and oxygen atoms in total. The highest BCUT2D eigenvalue weighted by Gasteiger charge is 2.27. The van der Waals surface area contributed by atoms with Crippen LogP contribution < -0.4 is 5.32 Å². The maximum absolute atomic E-state index is 11.9. The van der Waals surface area contributed by atoms with Gasteiger partial charge in [-0.2, -0.15) is 0 Å². The van der Waals surface area contributed by atoms with Crippen LogP contribution in [0.3, 0.4) is 0 Å². The Labute approximate surface area is 119 Å². The van der Waals surface area contributed by atoms with E-state index >= 15 is 0 Å². The van der Waals surface area contributed by atoms with Crippen molar-refractivity contribution < 1.29 is 19.5 Å². The highest BCUT2D eigenvalue weighted by molar-refractivity contribution is 5.94. The van der Waals surface area contributed by atoms with E-state index in [-0.39, 0.29) is 18.9 Å². The summed E-state index contributed by atoms with van der Waals surface area (Å²) in [4.78, 5) is 36.0. The topological polar surface area (TPSA) is 86.7 Å². The van der Waals surface area contributed by atoms with E-state index in [4.69, 9.17) is 5.11 Å². The molecule has 114 valence electrons. The van der Waals surface area contributed by atoms with Crippen LogP contribution in [0.1, 0.15) is 46.5 Å². The molecular weight excluding hydrogens is 260 g/mol. The van der Waals surface area contributed by atoms with Gasteiger partial charge in [0.05, 0.1) is 6.42 Å². The number of amides is 3. The van der Waals surface area contributed by atoms with E-state index in [1.807, 2.05) is 0 Å². The molecule has 1 rings (SSSR count). The molecule has 0 atom stereocenters. The van der Waals surface area contributed by atoms with Gasteiger partial charge in [-0.3, -0.25) is 14.9 Å². The minimum Gasteiger partial charge on any atom is -0.481 e. The minimum atomic E-state index is -0.945. The predicted octanol–water partition coefficient (Wildman–Crippen LogP) is 1.85. The number of nitrogens with zero attached hydrogens (tertiary/aromatic N) is 1. The number of rotatable bonds is 4. The van der Waals surface area contributed by atoms with Crippen molar-refractivity contribution in [3.63, 3.8) is 0 Å². The van der Waals surface area contributed by atoms with Crippen molar-refractivity contribution >= 4 is 17.9 Å². The monoisotopic (exact) mass is 284 g/mol. The summed E-state index contributed by atoms with van der Waals surface area (Å²) in [5.74, 6) is -0.747. The second-order valence-electron chi connectivity index (χ2n) is 6.43. The number of likely N-dealkylation sites (tertiary alicyclic amines) is 1. The van der Waals surface area contributed by atoms with Crippen LogP contribution in [0.25, 0.3) is 0 Å². The van der Waals surface area contributed by atoms with Crippen molar-refractivity contribution in [3.8, 4) is 0 Å². The zero-order valence-corrected chi connectivity index (χ0v) is 12.4. The first-order valence-corrected chi connectivity index (χ1v) is 7.00. The molecule has 0 aromatic heterocycles. The third-order valence-corrected chi connectivity index (χ3v) is 3.59. The van der Waals surface area contributed by atoms with Crippen LogP contribution in [0.15, 0.2) is 0 Å². The smallest absolute Gasteiger partial charge is 0.324 e. The molecule has 0 aromatic rings. The molecule has 1 aliphatic rings. The fourth-order valence-electron chi connectivity index (χ4n) is 2.36. The normalized spacial score (nSPS) is 16.9. The lowest BCUT2D eigenvalue weighted by atomic mass is 9.85. The van der Waals surface area contributed by atoms with Crippen molar-refractivity contribution in [2.24, 2.45) is 11.3 Å². The van der Waals surface area contributed by atoms with Gasteiger partial charge in [-0.1, -0.05) is 20.8 Å². The number of carboxylic acids is 1. The Morgan fingerprint density at radius 3 is 2.25 bits per heavy atom. The molecule has 0 bridgehead atoms. The van der Waals surface area contributed by atoms with Crippen LogP contribution in [0.4, 0.5) is 4.79 Å². The number of aliphatic carboxylic acids is 1. The van der Waals surface area contributed by atoms with Gasteiger partial charge in [0.2, 0.25) is 5.91 Å². The van der Waals surface area contributed by atoms with Crippen LogP contribution in [-0.4, -0.2) is 41.0 Å². The third kappa shape index (κ3) is 5.59. The molecule has 1 saturated heterocycles. The number of urea groups is 1. The Hall–Kier alpha value is -1.59. The van der Waals surface area contributed by atoms with Crippen LogP contribution in [-0.2, 0) is 9.59 Å². The zero-order valence-electron chi connectivity index (χ0n) is 12.4. The highest BCUT2D eigenvalue weighted by Crippen LogP contribution is 2.24. The Morgan fingerprint density at radius 1 is 1.20 bits per heavy atom. The number of imide groups is 1. The largest absolute Gasteiger partial charge is 0.481 e. The van der Waals surface area contributed by atoms with E-state index in [1.165, 1.54) is 0 Å². The van der Waals surface area contributed by atoms with Crippen molar-refractivity contribution in [1.82, 2.24) is 10.2 Å². The first kappa shape index (κ1) is 16.5. The minimum absolute atomic E-state index is 0.0231. The van der Waals surface area contributed by atoms with E-state index in [9.17, 15) is 14.4 Å². The summed E-state index contributed by atoms with van der Waals surface area (Å²) in [7, 11) is 0. The molecule has 2 N–H and O–H groups in total. The van der Waals surface area contributed by atoms with E-state index in [2.05, 4.69) is 12.2 Å². The quantitative estimate of drug-likeness (QED) is 0.824.